The van der Waals surface area contributed by atoms with Crippen LogP contribution in [0.25, 0.3) is 10.9 Å². The normalized spacial score (nSPS) is 22.6. The van der Waals surface area contributed by atoms with Crippen LogP contribution in [0.5, 0.6) is 0 Å². The fraction of sp³-hybridized carbons (Fsp3) is 0.500. The maximum absolute atomic E-state index is 11.4. The molecule has 1 aromatic heterocycles. The van der Waals surface area contributed by atoms with E-state index in [1.807, 2.05) is 0 Å². The monoisotopic (exact) mass is 299 g/mol. The number of fused-ring (bicyclic) bond motifs is 3. The lowest BCUT2D eigenvalue weighted by molar-refractivity contribution is -0.142. The molecule has 0 saturated carbocycles. The van der Waals surface area contributed by atoms with Crippen LogP contribution >= 0.6 is 0 Å². The van der Waals surface area contributed by atoms with E-state index in [1.54, 1.807) is 0 Å². The molecule has 4 rings (SSSR count). The molecule has 0 spiro atoms. The highest BCUT2D eigenvalue weighted by Gasteiger charge is 2.31. The average molecular weight is 299 g/mol. The minimum Gasteiger partial charge on any atom is -0.481 e. The largest absolute Gasteiger partial charge is 0.481 e. The number of rotatable bonds is 2. The molecule has 4 heteroatoms. The van der Waals surface area contributed by atoms with Crippen molar-refractivity contribution < 1.29 is 14.6 Å². The summed E-state index contributed by atoms with van der Waals surface area (Å²) in [6, 6.07) is 8.97. The Kier molecular flexibility index (Phi) is 3.41. The molecule has 22 heavy (non-hydrogen) atoms. The summed E-state index contributed by atoms with van der Waals surface area (Å²) < 4.78 is 7.94. The molecule has 0 radical (unpaired) electrons. The van der Waals surface area contributed by atoms with Crippen LogP contribution in [0.4, 0.5) is 0 Å². The molecule has 2 heterocycles. The molecule has 0 bridgehead atoms. The number of hydrogen-bond donors (Lipinski definition) is 1. The Morgan fingerprint density at radius 2 is 1.95 bits per heavy atom. The zero-order chi connectivity index (χ0) is 15.1. The van der Waals surface area contributed by atoms with Crippen LogP contribution in [0.15, 0.2) is 24.3 Å². The number of aryl methyl sites for hydroxylation is 1. The summed E-state index contributed by atoms with van der Waals surface area (Å²) in [4.78, 5) is 11.4. The van der Waals surface area contributed by atoms with Crippen LogP contribution in [-0.2, 0) is 22.4 Å². The van der Waals surface area contributed by atoms with Gasteiger partial charge in [0.15, 0.2) is 0 Å². The highest BCUT2D eigenvalue weighted by Crippen LogP contribution is 2.38. The first-order valence-corrected chi connectivity index (χ1v) is 8.17. The summed E-state index contributed by atoms with van der Waals surface area (Å²) in [5, 5.41) is 10.7. The lowest BCUT2D eigenvalue weighted by Crippen LogP contribution is -2.26. The van der Waals surface area contributed by atoms with E-state index in [1.165, 1.54) is 22.2 Å². The molecule has 1 saturated heterocycles. The van der Waals surface area contributed by atoms with Gasteiger partial charge >= 0.3 is 5.97 Å². The van der Waals surface area contributed by atoms with E-state index in [0.717, 1.165) is 38.9 Å². The van der Waals surface area contributed by atoms with Crippen LogP contribution < -0.4 is 0 Å². The molecule has 2 aliphatic rings. The number of hydrogen-bond acceptors (Lipinski definition) is 2. The van der Waals surface area contributed by atoms with Crippen molar-refractivity contribution in [1.82, 2.24) is 4.57 Å². The first-order chi connectivity index (χ1) is 10.8. The summed E-state index contributed by atoms with van der Waals surface area (Å²) in [5.74, 6) is -0.898. The summed E-state index contributed by atoms with van der Waals surface area (Å²) >= 11 is 0. The van der Waals surface area contributed by atoms with E-state index in [-0.39, 0.29) is 5.92 Å². The molecule has 1 N–H and O–H groups in total. The number of aliphatic carboxylic acids is 1. The highest BCUT2D eigenvalue weighted by atomic mass is 16.5. The van der Waals surface area contributed by atoms with E-state index >= 15 is 0 Å². The highest BCUT2D eigenvalue weighted by molar-refractivity contribution is 5.86. The van der Waals surface area contributed by atoms with Gasteiger partial charge in [-0.1, -0.05) is 18.2 Å². The molecule has 1 aromatic carbocycles. The molecule has 2 aromatic rings. The smallest absolute Gasteiger partial charge is 0.306 e. The third kappa shape index (κ3) is 2.13. The van der Waals surface area contributed by atoms with Gasteiger partial charge < -0.3 is 14.4 Å². The fourth-order valence-electron chi connectivity index (χ4n) is 4.11. The van der Waals surface area contributed by atoms with Crippen LogP contribution in [0.2, 0.25) is 0 Å². The van der Waals surface area contributed by atoms with Gasteiger partial charge in [-0.05, 0) is 37.3 Å². The number of carboxylic acids is 1. The van der Waals surface area contributed by atoms with Crippen LogP contribution in [0, 0.1) is 5.92 Å². The molecular weight excluding hydrogens is 278 g/mol. The second kappa shape index (κ2) is 5.43. The number of carboxylic acid groups (broad SMARTS) is 1. The number of para-hydroxylation sites is 1. The summed E-state index contributed by atoms with van der Waals surface area (Å²) in [5.41, 5.74) is 3.90. The van der Waals surface area contributed by atoms with Gasteiger partial charge in [-0.25, -0.2) is 0 Å². The Hall–Kier alpha value is -1.81. The van der Waals surface area contributed by atoms with Crippen LogP contribution in [0.3, 0.4) is 0 Å². The molecule has 1 unspecified atom stereocenters. The SMILES string of the molecule is O=C(O)C1CCc2c(n(C3CCOCC3)c3ccccc23)C1. The maximum Gasteiger partial charge on any atom is 0.306 e. The molecule has 1 atom stereocenters. The lowest BCUT2D eigenvalue weighted by atomic mass is 9.86. The minimum atomic E-state index is -0.658. The van der Waals surface area contributed by atoms with Gasteiger partial charge in [0.1, 0.15) is 0 Å². The van der Waals surface area contributed by atoms with Crippen molar-refractivity contribution in [3.63, 3.8) is 0 Å². The zero-order valence-electron chi connectivity index (χ0n) is 12.6. The Morgan fingerprint density at radius 1 is 1.18 bits per heavy atom. The van der Waals surface area contributed by atoms with Gasteiger partial charge in [0, 0.05) is 42.3 Å². The third-order valence-corrected chi connectivity index (χ3v) is 5.22. The second-order valence-electron chi connectivity index (χ2n) is 6.43. The van der Waals surface area contributed by atoms with Crippen molar-refractivity contribution in [1.29, 1.82) is 0 Å². The molecule has 1 aliphatic carbocycles. The number of aromatic nitrogens is 1. The van der Waals surface area contributed by atoms with Gasteiger partial charge in [0.2, 0.25) is 0 Å². The quantitative estimate of drug-likeness (QED) is 0.926. The van der Waals surface area contributed by atoms with Crippen LogP contribution in [0.1, 0.15) is 36.6 Å². The average Bonchev–Trinajstić information content (AvgIpc) is 2.89. The summed E-state index contributed by atoms with van der Waals surface area (Å²) in [6.07, 6.45) is 4.33. The number of nitrogens with zero attached hydrogens (tertiary/aromatic N) is 1. The van der Waals surface area contributed by atoms with Gasteiger partial charge in [0.05, 0.1) is 5.92 Å². The zero-order valence-corrected chi connectivity index (χ0v) is 12.6. The second-order valence-corrected chi connectivity index (χ2v) is 6.43. The van der Waals surface area contributed by atoms with Gasteiger partial charge in [-0.2, -0.15) is 0 Å². The summed E-state index contributed by atoms with van der Waals surface area (Å²) in [7, 11) is 0. The van der Waals surface area contributed by atoms with Crippen molar-refractivity contribution in [2.45, 2.75) is 38.1 Å². The third-order valence-electron chi connectivity index (χ3n) is 5.22. The molecular formula is C18H21NO3. The molecule has 116 valence electrons. The van der Waals surface area contributed by atoms with Crippen molar-refractivity contribution in [3.8, 4) is 0 Å². The van der Waals surface area contributed by atoms with E-state index in [0.29, 0.717) is 12.5 Å². The van der Waals surface area contributed by atoms with Crippen molar-refractivity contribution in [3.05, 3.63) is 35.5 Å². The van der Waals surface area contributed by atoms with Crippen molar-refractivity contribution >= 4 is 16.9 Å². The molecule has 1 fully saturated rings. The maximum atomic E-state index is 11.4. The number of carbonyl (C=O) groups is 1. The van der Waals surface area contributed by atoms with Crippen molar-refractivity contribution in [2.75, 3.05) is 13.2 Å². The van der Waals surface area contributed by atoms with Crippen LogP contribution in [-0.4, -0.2) is 28.9 Å². The Morgan fingerprint density at radius 3 is 2.73 bits per heavy atom. The van der Waals surface area contributed by atoms with E-state index in [4.69, 9.17) is 4.74 Å². The van der Waals surface area contributed by atoms with Crippen molar-refractivity contribution in [2.24, 2.45) is 5.92 Å². The van der Waals surface area contributed by atoms with E-state index in [2.05, 4.69) is 28.8 Å². The van der Waals surface area contributed by atoms with Gasteiger partial charge in [-0.3, -0.25) is 4.79 Å². The standard InChI is InChI=1S/C18H21NO3/c20-18(21)12-5-6-15-14-3-1-2-4-16(14)19(17(15)11-12)13-7-9-22-10-8-13/h1-4,12-13H,5-11H2,(H,20,21). The Balaban J connectivity index is 1.86. The molecule has 1 aliphatic heterocycles. The van der Waals surface area contributed by atoms with E-state index in [9.17, 15) is 9.90 Å². The van der Waals surface area contributed by atoms with E-state index < -0.39 is 5.97 Å². The Labute approximate surface area is 129 Å². The van der Waals surface area contributed by atoms with Gasteiger partial charge in [-0.15, -0.1) is 0 Å². The molecule has 0 amide bonds. The first-order valence-electron chi connectivity index (χ1n) is 8.17. The lowest BCUT2D eigenvalue weighted by Gasteiger charge is -2.29. The Bertz CT molecular complexity index is 712. The summed E-state index contributed by atoms with van der Waals surface area (Å²) in [6.45, 7) is 1.60. The number of benzene rings is 1. The molecule has 4 nitrogen and oxygen atoms in total. The number of ether oxygens (including phenoxy) is 1. The minimum absolute atomic E-state index is 0.240. The fourth-order valence-corrected chi connectivity index (χ4v) is 4.11. The predicted octanol–water partition coefficient (Wildman–Crippen LogP) is 3.18. The first kappa shape index (κ1) is 13.8. The predicted molar refractivity (Wildman–Crippen MR) is 84.2 cm³/mol. The topological polar surface area (TPSA) is 51.5 Å². The van der Waals surface area contributed by atoms with Gasteiger partial charge in [0.25, 0.3) is 0 Å².